The second-order valence-electron chi connectivity index (χ2n) is 13.6. The van der Waals surface area contributed by atoms with Gasteiger partial charge in [0.25, 0.3) is 0 Å². The topological polar surface area (TPSA) is 57.6 Å². The van der Waals surface area contributed by atoms with Crippen molar-refractivity contribution in [2.45, 2.75) is 97.2 Å². The summed E-state index contributed by atoms with van der Waals surface area (Å²) in [5.41, 5.74) is 8.37. The molecule has 1 atom stereocenters. The van der Waals surface area contributed by atoms with Gasteiger partial charge in [-0.1, -0.05) is 51.3 Å². The van der Waals surface area contributed by atoms with Gasteiger partial charge in [0.1, 0.15) is 6.54 Å². The minimum atomic E-state index is 0.163. The van der Waals surface area contributed by atoms with Gasteiger partial charge >= 0.3 is 0 Å². The smallest absolute Gasteiger partial charge is 0.242 e. The van der Waals surface area contributed by atoms with E-state index in [9.17, 15) is 9.59 Å². The first kappa shape index (κ1) is 32.4. The Morgan fingerprint density at radius 3 is 2.45 bits per heavy atom. The standard InChI is InChI=1S/C39H48N4O2S2/c1-5-41(6-2)30-16-18-42(19-17-30)36(45)23-43-35-22-31(24-44)47-39(35)37(27-10-8-7-9-11-27)38(43)29-13-14-33-28(21-29)12-15-34(40-33)32-20-25(3)46-26(32)4/h12-15,20-22,24,27,30,34,40H,5-11,16-19,23H2,1-4H3. The van der Waals surface area contributed by atoms with Gasteiger partial charge in [0.2, 0.25) is 5.91 Å². The minimum Gasteiger partial charge on any atom is -0.374 e. The van der Waals surface area contributed by atoms with Gasteiger partial charge in [-0.15, -0.1) is 22.7 Å². The molecular weight excluding hydrogens is 621 g/mol. The van der Waals surface area contributed by atoms with Gasteiger partial charge in [0, 0.05) is 34.6 Å². The van der Waals surface area contributed by atoms with Crippen LogP contribution in [-0.4, -0.2) is 58.8 Å². The number of nitrogens with one attached hydrogen (secondary N) is 1. The zero-order chi connectivity index (χ0) is 32.7. The summed E-state index contributed by atoms with van der Waals surface area (Å²) in [7, 11) is 0. The van der Waals surface area contributed by atoms with E-state index in [1.807, 2.05) is 17.4 Å². The number of piperidine rings is 1. The van der Waals surface area contributed by atoms with Crippen LogP contribution in [0.3, 0.4) is 0 Å². The van der Waals surface area contributed by atoms with Gasteiger partial charge in [-0.3, -0.25) is 9.59 Å². The molecule has 4 aromatic rings. The van der Waals surface area contributed by atoms with E-state index < -0.39 is 0 Å². The fraction of sp³-hybridized carbons (Fsp3) is 0.487. The normalized spacial score (nSPS) is 19.0. The molecule has 1 amide bonds. The zero-order valence-electron chi connectivity index (χ0n) is 28.3. The number of nitrogens with zero attached hydrogens (tertiary/aromatic N) is 3. The Morgan fingerprint density at radius 2 is 1.77 bits per heavy atom. The number of hydrogen-bond donors (Lipinski definition) is 1. The number of fused-ring (bicyclic) bond motifs is 2. The van der Waals surface area contributed by atoms with E-state index in [4.69, 9.17) is 0 Å². The first-order valence-electron chi connectivity index (χ1n) is 17.7. The SMILES string of the molecule is CCN(CC)C1CCN(C(=O)Cn2c(-c3ccc4c(c3)C=CC(c3cc(C)sc3C)N4)c(C3CCCCC3)c3sc(C=O)cc32)CC1. The maximum absolute atomic E-state index is 14.1. The molecule has 1 saturated carbocycles. The molecule has 0 radical (unpaired) electrons. The molecule has 3 aromatic heterocycles. The third-order valence-corrected chi connectivity index (χ3v) is 12.9. The molecule has 0 bridgehead atoms. The number of carbonyl (C=O) groups is 2. The number of hydrogen-bond acceptors (Lipinski definition) is 6. The Hall–Kier alpha value is -3.20. The summed E-state index contributed by atoms with van der Waals surface area (Å²) in [6.07, 6.45) is 13.6. The molecule has 2 fully saturated rings. The van der Waals surface area contributed by atoms with Gasteiger partial charge in [-0.2, -0.15) is 0 Å². The highest BCUT2D eigenvalue weighted by Gasteiger charge is 2.31. The van der Waals surface area contributed by atoms with E-state index in [0.29, 0.717) is 18.5 Å². The molecule has 3 aliphatic rings. The van der Waals surface area contributed by atoms with Crippen LogP contribution in [0.4, 0.5) is 5.69 Å². The number of aromatic nitrogens is 1. The fourth-order valence-electron chi connectivity index (χ4n) is 8.46. The first-order valence-corrected chi connectivity index (χ1v) is 19.3. The van der Waals surface area contributed by atoms with Gasteiger partial charge in [-0.25, -0.2) is 0 Å². The lowest BCUT2D eigenvalue weighted by molar-refractivity contribution is -0.133. The Labute approximate surface area is 287 Å². The van der Waals surface area contributed by atoms with Crippen molar-refractivity contribution in [3.8, 4) is 11.3 Å². The van der Waals surface area contributed by atoms with E-state index >= 15 is 0 Å². The van der Waals surface area contributed by atoms with Crippen LogP contribution in [0, 0.1) is 13.8 Å². The predicted octanol–water partition coefficient (Wildman–Crippen LogP) is 9.42. The van der Waals surface area contributed by atoms with Crippen LogP contribution in [0.1, 0.15) is 107 Å². The van der Waals surface area contributed by atoms with Crippen molar-refractivity contribution in [1.82, 2.24) is 14.4 Å². The Morgan fingerprint density at radius 1 is 1.00 bits per heavy atom. The van der Waals surface area contributed by atoms with Crippen LogP contribution in [-0.2, 0) is 11.3 Å². The summed E-state index contributed by atoms with van der Waals surface area (Å²) in [5.74, 6) is 0.610. The Bertz CT molecular complexity index is 1790. The third kappa shape index (κ3) is 6.25. The first-order chi connectivity index (χ1) is 22.9. The van der Waals surface area contributed by atoms with E-state index in [2.05, 4.69) is 83.8 Å². The molecule has 1 aromatic carbocycles. The minimum absolute atomic E-state index is 0.163. The zero-order valence-corrected chi connectivity index (χ0v) is 29.9. The number of aldehydes is 1. The van der Waals surface area contributed by atoms with Crippen molar-refractivity contribution in [2.24, 2.45) is 0 Å². The van der Waals surface area contributed by atoms with E-state index in [-0.39, 0.29) is 11.9 Å². The number of rotatable bonds is 9. The van der Waals surface area contributed by atoms with Crippen LogP contribution in [0.25, 0.3) is 27.6 Å². The number of benzene rings is 1. The number of likely N-dealkylation sites (tertiary alicyclic amines) is 1. The largest absolute Gasteiger partial charge is 0.374 e. The maximum Gasteiger partial charge on any atom is 0.242 e. The predicted molar refractivity (Wildman–Crippen MR) is 198 cm³/mol. The molecule has 7 rings (SSSR count). The highest BCUT2D eigenvalue weighted by atomic mass is 32.1. The average molecular weight is 669 g/mol. The lowest BCUT2D eigenvalue weighted by Crippen LogP contribution is -2.47. The van der Waals surface area contributed by atoms with Crippen molar-refractivity contribution >= 4 is 56.8 Å². The quantitative estimate of drug-likeness (QED) is 0.181. The molecule has 5 heterocycles. The van der Waals surface area contributed by atoms with Gasteiger partial charge in [0.05, 0.1) is 26.8 Å². The molecule has 1 N–H and O–H groups in total. The molecule has 248 valence electrons. The molecule has 1 unspecified atom stereocenters. The van der Waals surface area contributed by atoms with Gasteiger partial charge < -0.3 is 19.7 Å². The molecular formula is C39H48N4O2S2. The maximum atomic E-state index is 14.1. The summed E-state index contributed by atoms with van der Waals surface area (Å²) in [5, 5.41) is 3.78. The molecule has 47 heavy (non-hydrogen) atoms. The summed E-state index contributed by atoms with van der Waals surface area (Å²) < 4.78 is 3.46. The molecule has 6 nitrogen and oxygen atoms in total. The number of thiophene rings is 2. The summed E-state index contributed by atoms with van der Waals surface area (Å²) in [6.45, 7) is 12.9. The van der Waals surface area contributed by atoms with E-state index in [1.165, 1.54) is 56.1 Å². The Balaban J connectivity index is 1.26. The number of carbonyl (C=O) groups excluding carboxylic acids is 2. The summed E-state index contributed by atoms with van der Waals surface area (Å²) in [4.78, 5) is 34.2. The lowest BCUT2D eigenvalue weighted by Gasteiger charge is -2.37. The monoisotopic (exact) mass is 668 g/mol. The number of anilines is 1. The van der Waals surface area contributed by atoms with Crippen LogP contribution in [0.15, 0.2) is 36.4 Å². The van der Waals surface area contributed by atoms with Crippen molar-refractivity contribution in [3.63, 3.8) is 0 Å². The highest BCUT2D eigenvalue weighted by molar-refractivity contribution is 7.20. The summed E-state index contributed by atoms with van der Waals surface area (Å²) >= 11 is 3.46. The van der Waals surface area contributed by atoms with Crippen molar-refractivity contribution in [2.75, 3.05) is 31.5 Å². The van der Waals surface area contributed by atoms with Crippen LogP contribution in [0.2, 0.25) is 0 Å². The molecule has 1 aliphatic carbocycles. The third-order valence-electron chi connectivity index (χ3n) is 10.9. The number of aryl methyl sites for hydroxylation is 2. The summed E-state index contributed by atoms with van der Waals surface area (Å²) in [6, 6.07) is 11.8. The van der Waals surface area contributed by atoms with Gasteiger partial charge in [-0.05, 0) is 105 Å². The number of amides is 1. The molecule has 0 spiro atoms. The Kier molecular flexibility index (Phi) is 9.45. The van der Waals surface area contributed by atoms with Crippen molar-refractivity contribution < 1.29 is 9.59 Å². The second kappa shape index (κ2) is 13.7. The van der Waals surface area contributed by atoms with Crippen LogP contribution < -0.4 is 5.32 Å². The molecule has 8 heteroatoms. The van der Waals surface area contributed by atoms with Crippen LogP contribution >= 0.6 is 22.7 Å². The molecule has 2 aliphatic heterocycles. The second-order valence-corrected chi connectivity index (χ2v) is 16.2. The lowest BCUT2D eigenvalue weighted by atomic mass is 9.83. The van der Waals surface area contributed by atoms with Gasteiger partial charge in [0.15, 0.2) is 6.29 Å². The van der Waals surface area contributed by atoms with E-state index in [0.717, 1.165) is 79.8 Å². The van der Waals surface area contributed by atoms with Crippen molar-refractivity contribution in [1.29, 1.82) is 0 Å². The average Bonchev–Trinajstić information content (AvgIpc) is 3.76. The van der Waals surface area contributed by atoms with Crippen molar-refractivity contribution in [3.05, 3.63) is 67.7 Å². The van der Waals surface area contributed by atoms with Crippen LogP contribution in [0.5, 0.6) is 0 Å². The van der Waals surface area contributed by atoms with E-state index in [1.54, 1.807) is 11.3 Å². The molecule has 1 saturated heterocycles. The fourth-order valence-corrected chi connectivity index (χ4v) is 10.5. The highest BCUT2D eigenvalue weighted by Crippen LogP contribution is 2.47.